The van der Waals surface area contributed by atoms with Crippen LogP contribution in [0, 0.1) is 5.92 Å². The van der Waals surface area contributed by atoms with Crippen LogP contribution in [0.5, 0.6) is 5.75 Å². The van der Waals surface area contributed by atoms with E-state index in [1.54, 1.807) is 14.0 Å². The molecule has 2 aromatic rings. The molecule has 1 aromatic heterocycles. The quantitative estimate of drug-likeness (QED) is 0.687. The normalized spacial score (nSPS) is 15.6. The Balaban J connectivity index is 1.71. The largest absolute Gasteiger partial charge is 0.497 e. The molecule has 0 spiro atoms. The molecule has 1 heterocycles. The maximum absolute atomic E-state index is 12.5. The molecule has 1 unspecified atom stereocenters. The summed E-state index contributed by atoms with van der Waals surface area (Å²) in [7, 11) is 1.63. The van der Waals surface area contributed by atoms with E-state index in [2.05, 4.69) is 12.2 Å². The first-order valence-corrected chi connectivity index (χ1v) is 10.6. The number of anilines is 1. The minimum Gasteiger partial charge on any atom is -0.497 e. The first-order valence-electron chi connectivity index (χ1n) is 9.76. The zero-order valence-corrected chi connectivity index (χ0v) is 17.5. The first kappa shape index (κ1) is 20.4. The molecular weight excluding hydrogens is 374 g/mol. The fraction of sp³-hybridized carbons (Fsp3) is 0.455. The van der Waals surface area contributed by atoms with Gasteiger partial charge in [0.25, 0.3) is 0 Å². The lowest BCUT2D eigenvalue weighted by atomic mass is 9.88. The number of nitrogens with one attached hydrogen (secondary N) is 1. The highest BCUT2D eigenvalue weighted by Crippen LogP contribution is 2.40. The molecule has 1 atom stereocenters. The number of ether oxygens (including phenoxy) is 2. The van der Waals surface area contributed by atoms with Gasteiger partial charge in [0, 0.05) is 11.3 Å². The second kappa shape index (κ2) is 9.24. The van der Waals surface area contributed by atoms with Crippen molar-refractivity contribution < 1.29 is 19.1 Å². The lowest BCUT2D eigenvalue weighted by Gasteiger charge is -2.18. The maximum atomic E-state index is 12.5. The number of rotatable bonds is 7. The summed E-state index contributed by atoms with van der Waals surface area (Å²) in [5, 5.41) is 3.61. The Labute approximate surface area is 170 Å². The number of benzene rings is 1. The van der Waals surface area contributed by atoms with Crippen molar-refractivity contribution in [1.29, 1.82) is 0 Å². The molecule has 0 aliphatic heterocycles. The van der Waals surface area contributed by atoms with Crippen LogP contribution in [-0.4, -0.2) is 25.6 Å². The van der Waals surface area contributed by atoms with E-state index >= 15 is 0 Å². The summed E-state index contributed by atoms with van der Waals surface area (Å²) in [4.78, 5) is 26.3. The predicted molar refractivity (Wildman–Crippen MR) is 111 cm³/mol. The molecule has 5 nitrogen and oxygen atoms in total. The van der Waals surface area contributed by atoms with Crippen molar-refractivity contribution in [2.75, 3.05) is 19.0 Å². The van der Waals surface area contributed by atoms with Crippen LogP contribution in [0.15, 0.2) is 24.3 Å². The fourth-order valence-electron chi connectivity index (χ4n) is 3.50. The van der Waals surface area contributed by atoms with E-state index in [9.17, 15) is 9.59 Å². The van der Waals surface area contributed by atoms with Crippen LogP contribution in [0.2, 0.25) is 0 Å². The van der Waals surface area contributed by atoms with Crippen molar-refractivity contribution in [3.63, 3.8) is 0 Å². The predicted octanol–water partition coefficient (Wildman–Crippen LogP) is 4.63. The van der Waals surface area contributed by atoms with Gasteiger partial charge < -0.3 is 14.8 Å². The van der Waals surface area contributed by atoms with Gasteiger partial charge in [0.1, 0.15) is 10.8 Å². The van der Waals surface area contributed by atoms with Crippen molar-refractivity contribution in [2.24, 2.45) is 5.92 Å². The summed E-state index contributed by atoms with van der Waals surface area (Å²) in [6, 6.07) is 7.70. The van der Waals surface area contributed by atoms with Crippen LogP contribution in [-0.2, 0) is 28.8 Å². The molecule has 1 amide bonds. The lowest BCUT2D eigenvalue weighted by Crippen LogP contribution is -2.16. The van der Waals surface area contributed by atoms with E-state index in [4.69, 9.17) is 9.47 Å². The summed E-state index contributed by atoms with van der Waals surface area (Å²) in [6.07, 6.45) is 3.86. The standard InChI is InChI=1S/C22H27NO4S/c1-4-27-22(25)20-17-11-5-14(2)13-18(17)28-21(20)23-19(24)12-8-15-6-9-16(26-3)10-7-15/h6-7,9-10,14H,4-5,8,11-13H2,1-3H3,(H,23,24). The summed E-state index contributed by atoms with van der Waals surface area (Å²) in [6.45, 7) is 4.34. The molecule has 3 rings (SSSR count). The van der Waals surface area contributed by atoms with E-state index in [-0.39, 0.29) is 11.9 Å². The number of fused-ring (bicyclic) bond motifs is 1. The summed E-state index contributed by atoms with van der Waals surface area (Å²) in [5.41, 5.74) is 2.69. The van der Waals surface area contributed by atoms with E-state index < -0.39 is 0 Å². The molecule has 150 valence electrons. The van der Waals surface area contributed by atoms with Crippen molar-refractivity contribution in [3.05, 3.63) is 45.8 Å². The Kier molecular flexibility index (Phi) is 6.73. The molecule has 0 radical (unpaired) electrons. The Bertz CT molecular complexity index is 841. The third-order valence-electron chi connectivity index (χ3n) is 5.04. The van der Waals surface area contributed by atoms with Gasteiger partial charge in [0.15, 0.2) is 0 Å². The van der Waals surface area contributed by atoms with E-state index in [0.29, 0.717) is 35.9 Å². The molecule has 0 saturated heterocycles. The van der Waals surface area contributed by atoms with E-state index in [1.165, 1.54) is 16.2 Å². The van der Waals surface area contributed by atoms with Gasteiger partial charge in [0.2, 0.25) is 5.91 Å². The Morgan fingerprint density at radius 3 is 2.68 bits per heavy atom. The highest BCUT2D eigenvalue weighted by Gasteiger charge is 2.29. The Morgan fingerprint density at radius 2 is 2.00 bits per heavy atom. The third kappa shape index (κ3) is 4.73. The number of carbonyl (C=O) groups excluding carboxylic acids is 2. The van der Waals surface area contributed by atoms with Gasteiger partial charge in [-0.05, 0) is 61.8 Å². The monoisotopic (exact) mass is 401 g/mol. The zero-order valence-electron chi connectivity index (χ0n) is 16.7. The van der Waals surface area contributed by atoms with Crippen LogP contribution in [0.1, 0.15) is 53.1 Å². The molecule has 28 heavy (non-hydrogen) atoms. The number of hydrogen-bond donors (Lipinski definition) is 1. The Hall–Kier alpha value is -2.34. The van der Waals surface area contributed by atoms with Crippen LogP contribution in [0.25, 0.3) is 0 Å². The van der Waals surface area contributed by atoms with Gasteiger partial charge >= 0.3 is 5.97 Å². The van der Waals surface area contributed by atoms with E-state index in [0.717, 1.165) is 36.1 Å². The highest BCUT2D eigenvalue weighted by molar-refractivity contribution is 7.17. The number of methoxy groups -OCH3 is 1. The van der Waals surface area contributed by atoms with Crippen LogP contribution in [0.3, 0.4) is 0 Å². The summed E-state index contributed by atoms with van der Waals surface area (Å²) < 4.78 is 10.4. The smallest absolute Gasteiger partial charge is 0.341 e. The zero-order chi connectivity index (χ0) is 20.1. The first-order chi connectivity index (χ1) is 13.5. The van der Waals surface area contributed by atoms with Crippen LogP contribution in [0.4, 0.5) is 5.00 Å². The molecule has 0 saturated carbocycles. The molecule has 6 heteroatoms. The highest BCUT2D eigenvalue weighted by atomic mass is 32.1. The minimum absolute atomic E-state index is 0.0898. The lowest BCUT2D eigenvalue weighted by molar-refractivity contribution is -0.116. The third-order valence-corrected chi connectivity index (χ3v) is 6.21. The van der Waals surface area contributed by atoms with Gasteiger partial charge in [0.05, 0.1) is 19.3 Å². The average molecular weight is 402 g/mol. The number of carbonyl (C=O) groups is 2. The number of amides is 1. The van der Waals surface area contributed by atoms with Crippen molar-refractivity contribution in [2.45, 2.75) is 46.0 Å². The molecule has 0 bridgehead atoms. The number of aryl methyl sites for hydroxylation is 1. The van der Waals surface area contributed by atoms with Crippen LogP contribution < -0.4 is 10.1 Å². The summed E-state index contributed by atoms with van der Waals surface area (Å²) in [5.74, 6) is 0.971. The summed E-state index contributed by atoms with van der Waals surface area (Å²) >= 11 is 1.53. The van der Waals surface area contributed by atoms with Crippen molar-refractivity contribution in [1.82, 2.24) is 0 Å². The molecule has 1 aromatic carbocycles. The van der Waals surface area contributed by atoms with E-state index in [1.807, 2.05) is 24.3 Å². The van der Waals surface area contributed by atoms with Gasteiger partial charge in [-0.3, -0.25) is 4.79 Å². The maximum Gasteiger partial charge on any atom is 0.341 e. The average Bonchev–Trinajstić information content (AvgIpc) is 3.03. The molecule has 1 aliphatic carbocycles. The number of thiophene rings is 1. The second-order valence-corrected chi connectivity index (χ2v) is 8.28. The fourth-order valence-corrected chi connectivity index (χ4v) is 4.91. The second-order valence-electron chi connectivity index (χ2n) is 7.17. The number of esters is 1. The molecule has 1 aliphatic rings. The Morgan fingerprint density at radius 1 is 1.25 bits per heavy atom. The molecule has 1 N–H and O–H groups in total. The van der Waals surface area contributed by atoms with Gasteiger partial charge in [-0.1, -0.05) is 19.1 Å². The topological polar surface area (TPSA) is 64.6 Å². The van der Waals surface area contributed by atoms with Gasteiger partial charge in [-0.25, -0.2) is 4.79 Å². The van der Waals surface area contributed by atoms with Gasteiger partial charge in [-0.15, -0.1) is 11.3 Å². The number of hydrogen-bond acceptors (Lipinski definition) is 5. The molecule has 0 fully saturated rings. The minimum atomic E-state index is -0.333. The van der Waals surface area contributed by atoms with Crippen molar-refractivity contribution >= 4 is 28.2 Å². The molecular formula is C22H27NO4S. The van der Waals surface area contributed by atoms with Gasteiger partial charge in [-0.2, -0.15) is 0 Å². The SMILES string of the molecule is CCOC(=O)c1c(NC(=O)CCc2ccc(OC)cc2)sc2c1CCC(C)C2. The van der Waals surface area contributed by atoms with Crippen molar-refractivity contribution in [3.8, 4) is 5.75 Å². The van der Waals surface area contributed by atoms with Crippen LogP contribution >= 0.6 is 11.3 Å².